The molecule has 0 aliphatic carbocycles. The zero-order valence-corrected chi connectivity index (χ0v) is 13.7. The van der Waals surface area contributed by atoms with Crippen LogP contribution < -0.4 is 19.9 Å². The summed E-state index contributed by atoms with van der Waals surface area (Å²) in [4.78, 5) is 23.6. The van der Waals surface area contributed by atoms with Crippen LogP contribution in [0.2, 0.25) is 0 Å². The van der Waals surface area contributed by atoms with E-state index < -0.39 is 30.2 Å². The molecule has 7 heteroatoms. The molecule has 0 fully saturated rings. The highest BCUT2D eigenvalue weighted by Gasteiger charge is 2.21. The first-order chi connectivity index (χ1) is 12.0. The number of aliphatic carboxylic acids is 1. The number of carboxylic acid groups (broad SMARTS) is 1. The number of hydrogen-bond acceptors (Lipinski definition) is 5. The summed E-state index contributed by atoms with van der Waals surface area (Å²) < 4.78 is 23.4. The molecule has 0 spiro atoms. The maximum absolute atomic E-state index is 13.1. The van der Waals surface area contributed by atoms with Gasteiger partial charge in [0.1, 0.15) is 5.82 Å². The quantitative estimate of drug-likeness (QED) is 0.820. The first-order valence-corrected chi connectivity index (χ1v) is 7.43. The molecule has 1 N–H and O–H groups in total. The summed E-state index contributed by atoms with van der Waals surface area (Å²) in [5.74, 6) is -1.75. The van der Waals surface area contributed by atoms with Gasteiger partial charge in [-0.2, -0.15) is 0 Å². The van der Waals surface area contributed by atoms with Gasteiger partial charge in [-0.3, -0.25) is 4.79 Å². The summed E-state index contributed by atoms with van der Waals surface area (Å²) in [5.41, 5.74) is 0.633. The zero-order chi connectivity index (χ0) is 18.4. The monoisotopic (exact) mass is 346 g/mol. The van der Waals surface area contributed by atoms with Gasteiger partial charge in [-0.25, -0.2) is 4.39 Å². The molecule has 0 aromatic heterocycles. The predicted molar refractivity (Wildman–Crippen MR) is 85.8 cm³/mol. The molecular formula is C18H17FNO5-. The number of halogens is 1. The number of carboxylic acids is 1. The summed E-state index contributed by atoms with van der Waals surface area (Å²) in [6, 6.07) is 9.09. The molecule has 0 saturated carbocycles. The van der Waals surface area contributed by atoms with E-state index in [1.165, 1.54) is 44.6 Å². The van der Waals surface area contributed by atoms with Gasteiger partial charge < -0.3 is 24.7 Å². The molecule has 0 aliphatic heterocycles. The van der Waals surface area contributed by atoms with E-state index in [-0.39, 0.29) is 11.3 Å². The van der Waals surface area contributed by atoms with Crippen LogP contribution in [0.1, 0.15) is 28.4 Å². The van der Waals surface area contributed by atoms with Gasteiger partial charge in [-0.1, -0.05) is 18.2 Å². The Morgan fingerprint density at radius 1 is 1.12 bits per heavy atom. The van der Waals surface area contributed by atoms with Gasteiger partial charge in [0.2, 0.25) is 0 Å². The number of carbonyl (C=O) groups excluding carboxylic acids is 2. The third-order valence-electron chi connectivity index (χ3n) is 3.60. The van der Waals surface area contributed by atoms with E-state index in [0.717, 1.165) is 0 Å². The molecule has 0 heterocycles. The molecule has 0 bridgehead atoms. The minimum atomic E-state index is -1.34. The maximum atomic E-state index is 13.1. The van der Waals surface area contributed by atoms with E-state index >= 15 is 0 Å². The maximum Gasteiger partial charge on any atom is 0.255 e. The second-order valence-corrected chi connectivity index (χ2v) is 5.19. The Morgan fingerprint density at radius 2 is 1.80 bits per heavy atom. The third kappa shape index (κ3) is 4.47. The number of nitrogens with one attached hydrogen (secondary N) is 1. The van der Waals surface area contributed by atoms with Crippen LogP contribution >= 0.6 is 0 Å². The van der Waals surface area contributed by atoms with Crippen molar-refractivity contribution in [2.24, 2.45) is 0 Å². The summed E-state index contributed by atoms with van der Waals surface area (Å²) in [5, 5.41) is 13.6. The zero-order valence-electron chi connectivity index (χ0n) is 13.7. The molecule has 25 heavy (non-hydrogen) atoms. The van der Waals surface area contributed by atoms with E-state index in [1.54, 1.807) is 12.1 Å². The van der Waals surface area contributed by atoms with Crippen LogP contribution in [0.5, 0.6) is 11.5 Å². The summed E-state index contributed by atoms with van der Waals surface area (Å²) in [7, 11) is 2.84. The van der Waals surface area contributed by atoms with E-state index in [4.69, 9.17) is 9.47 Å². The van der Waals surface area contributed by atoms with Gasteiger partial charge in [0.25, 0.3) is 5.91 Å². The number of carbonyl (C=O) groups is 2. The lowest BCUT2D eigenvalue weighted by Crippen LogP contribution is -2.34. The minimum Gasteiger partial charge on any atom is -0.550 e. The topological polar surface area (TPSA) is 87.7 Å². The van der Waals surface area contributed by atoms with Crippen LogP contribution in [0.3, 0.4) is 0 Å². The largest absolute Gasteiger partial charge is 0.550 e. The number of amides is 1. The second kappa shape index (κ2) is 8.14. The lowest BCUT2D eigenvalue weighted by Gasteiger charge is -2.21. The lowest BCUT2D eigenvalue weighted by molar-refractivity contribution is -0.306. The standard InChI is InChI=1S/C18H18FNO5/c1-24-15-5-3-4-13(17(15)25-2)18(23)20-14(10-16(21)22)11-6-8-12(19)9-7-11/h3-9,14H,10H2,1-2H3,(H,20,23)(H,21,22)/p-1. The number of ether oxygens (including phenoxy) is 2. The van der Waals surface area contributed by atoms with Crippen LogP contribution in [0.15, 0.2) is 42.5 Å². The van der Waals surface area contributed by atoms with E-state index in [9.17, 15) is 19.1 Å². The fourth-order valence-electron chi connectivity index (χ4n) is 2.42. The highest BCUT2D eigenvalue weighted by Crippen LogP contribution is 2.31. The second-order valence-electron chi connectivity index (χ2n) is 5.19. The van der Waals surface area contributed by atoms with Crippen LogP contribution in [0.25, 0.3) is 0 Å². The van der Waals surface area contributed by atoms with Gasteiger partial charge in [-0.05, 0) is 29.8 Å². The average molecular weight is 346 g/mol. The number of para-hydroxylation sites is 1. The number of benzene rings is 2. The van der Waals surface area contributed by atoms with Crippen molar-refractivity contribution >= 4 is 11.9 Å². The fourth-order valence-corrected chi connectivity index (χ4v) is 2.42. The highest BCUT2D eigenvalue weighted by atomic mass is 19.1. The van der Waals surface area contributed by atoms with Crippen molar-refractivity contribution in [1.82, 2.24) is 5.32 Å². The van der Waals surface area contributed by atoms with Crippen LogP contribution in [0, 0.1) is 5.82 Å². The molecule has 2 rings (SSSR count). The Labute approximate surface area is 144 Å². The number of methoxy groups -OCH3 is 2. The van der Waals surface area contributed by atoms with Crippen molar-refractivity contribution in [3.05, 3.63) is 59.4 Å². The molecule has 6 nitrogen and oxygen atoms in total. The minimum absolute atomic E-state index is 0.187. The predicted octanol–water partition coefficient (Wildman–Crippen LogP) is 1.45. The molecule has 1 amide bonds. The van der Waals surface area contributed by atoms with Crippen molar-refractivity contribution in [1.29, 1.82) is 0 Å². The first-order valence-electron chi connectivity index (χ1n) is 7.43. The van der Waals surface area contributed by atoms with Crippen molar-refractivity contribution < 1.29 is 28.6 Å². The van der Waals surface area contributed by atoms with Crippen molar-refractivity contribution in [3.63, 3.8) is 0 Å². The summed E-state index contributed by atoms with van der Waals surface area (Å²) in [6.45, 7) is 0. The van der Waals surface area contributed by atoms with Crippen LogP contribution in [0.4, 0.5) is 4.39 Å². The Morgan fingerprint density at radius 3 is 2.36 bits per heavy atom. The third-order valence-corrected chi connectivity index (χ3v) is 3.60. The van der Waals surface area contributed by atoms with Crippen molar-refractivity contribution in [2.45, 2.75) is 12.5 Å². The molecule has 132 valence electrons. The Kier molecular flexibility index (Phi) is 5.94. The van der Waals surface area contributed by atoms with Gasteiger partial charge in [0.05, 0.1) is 25.8 Å². The molecule has 0 aliphatic rings. The van der Waals surface area contributed by atoms with Crippen molar-refractivity contribution in [2.75, 3.05) is 14.2 Å². The van der Waals surface area contributed by atoms with E-state index in [1.807, 2.05) is 0 Å². The SMILES string of the molecule is COc1cccc(C(=O)NC(CC(=O)[O-])c2ccc(F)cc2)c1OC. The average Bonchev–Trinajstić information content (AvgIpc) is 2.60. The Bertz CT molecular complexity index is 761. The molecule has 0 radical (unpaired) electrons. The highest BCUT2D eigenvalue weighted by molar-refractivity contribution is 5.98. The molecule has 2 aromatic carbocycles. The molecule has 1 unspecified atom stereocenters. The molecule has 0 saturated heterocycles. The summed E-state index contributed by atoms with van der Waals surface area (Å²) in [6.07, 6.45) is -0.455. The van der Waals surface area contributed by atoms with Gasteiger partial charge in [0.15, 0.2) is 11.5 Å². The van der Waals surface area contributed by atoms with Gasteiger partial charge >= 0.3 is 0 Å². The number of hydrogen-bond donors (Lipinski definition) is 1. The van der Waals surface area contributed by atoms with Crippen LogP contribution in [-0.4, -0.2) is 26.1 Å². The Hall–Kier alpha value is -3.09. The lowest BCUT2D eigenvalue weighted by atomic mass is 10.0. The van der Waals surface area contributed by atoms with Gasteiger partial charge in [0, 0.05) is 12.4 Å². The Balaban J connectivity index is 2.31. The van der Waals surface area contributed by atoms with E-state index in [0.29, 0.717) is 11.3 Å². The summed E-state index contributed by atoms with van der Waals surface area (Å²) >= 11 is 0. The first kappa shape index (κ1) is 18.3. The van der Waals surface area contributed by atoms with E-state index in [2.05, 4.69) is 5.32 Å². The smallest absolute Gasteiger partial charge is 0.255 e. The van der Waals surface area contributed by atoms with Crippen molar-refractivity contribution in [3.8, 4) is 11.5 Å². The molecule has 1 atom stereocenters. The van der Waals surface area contributed by atoms with Crippen LogP contribution in [-0.2, 0) is 4.79 Å². The normalized spacial score (nSPS) is 11.5. The van der Waals surface area contributed by atoms with Gasteiger partial charge in [-0.15, -0.1) is 0 Å². The molecule has 2 aromatic rings. The fraction of sp³-hybridized carbons (Fsp3) is 0.222. The molecular weight excluding hydrogens is 329 g/mol. The number of rotatable bonds is 7.